The molecule has 2 aliphatic rings. The SMILES string of the molecule is C/C=C/C=C/c1cnc(C(=O)C2CCN(CCC3(c4ccc(Cl)c(Cl)c4)CCCN(C(=O)Cc4cccc(OC(C)C)c4)C3)CC2)n1CCOCC. The summed E-state index contributed by atoms with van der Waals surface area (Å²) in [6, 6.07) is 13.8. The number of imidazole rings is 1. The third-order valence-electron chi connectivity index (χ3n) is 10.3. The van der Waals surface area contributed by atoms with Gasteiger partial charge in [-0.15, -0.1) is 0 Å². The number of benzene rings is 2. The number of halogens is 2. The second-order valence-electron chi connectivity index (χ2n) is 14.3. The number of ether oxygens (including phenoxy) is 2. The lowest BCUT2D eigenvalue weighted by Gasteiger charge is -2.45. The van der Waals surface area contributed by atoms with Crippen molar-refractivity contribution in [2.24, 2.45) is 5.92 Å². The zero-order valence-electron chi connectivity index (χ0n) is 31.2. The minimum Gasteiger partial charge on any atom is -0.491 e. The largest absolute Gasteiger partial charge is 0.491 e. The van der Waals surface area contributed by atoms with Gasteiger partial charge in [-0.25, -0.2) is 4.98 Å². The number of allylic oxidation sites excluding steroid dienone is 3. The molecule has 52 heavy (non-hydrogen) atoms. The minimum atomic E-state index is -0.264. The number of Topliss-reactive ketones (excluding diaryl/α,β-unsaturated/α-hetero) is 1. The van der Waals surface area contributed by atoms with Crippen molar-refractivity contribution in [2.75, 3.05) is 45.9 Å². The highest BCUT2D eigenvalue weighted by Crippen LogP contribution is 2.40. The quantitative estimate of drug-likeness (QED) is 0.0829. The number of nitrogens with zero attached hydrogens (tertiary/aromatic N) is 4. The third kappa shape index (κ3) is 10.4. The van der Waals surface area contributed by atoms with E-state index < -0.39 is 0 Å². The Kier molecular flexibility index (Phi) is 14.6. The number of ketones is 1. The summed E-state index contributed by atoms with van der Waals surface area (Å²) in [5, 5.41) is 1.06. The number of carbonyl (C=O) groups excluding carboxylic acids is 2. The van der Waals surface area contributed by atoms with Gasteiger partial charge in [-0.1, -0.05) is 59.6 Å². The van der Waals surface area contributed by atoms with Crippen molar-refractivity contribution in [3.63, 3.8) is 0 Å². The maximum absolute atomic E-state index is 13.9. The second-order valence-corrected chi connectivity index (χ2v) is 15.1. The normalized spacial score (nSPS) is 18.9. The van der Waals surface area contributed by atoms with Gasteiger partial charge in [0.25, 0.3) is 0 Å². The fourth-order valence-corrected chi connectivity index (χ4v) is 7.83. The van der Waals surface area contributed by atoms with Gasteiger partial charge in [0.2, 0.25) is 11.7 Å². The molecule has 1 unspecified atom stereocenters. The third-order valence-corrected chi connectivity index (χ3v) is 11.0. The summed E-state index contributed by atoms with van der Waals surface area (Å²) in [5.41, 5.74) is 2.71. The van der Waals surface area contributed by atoms with E-state index >= 15 is 0 Å². The zero-order valence-corrected chi connectivity index (χ0v) is 32.7. The van der Waals surface area contributed by atoms with Crippen molar-refractivity contribution in [1.82, 2.24) is 19.4 Å². The molecule has 2 aliphatic heterocycles. The predicted octanol–water partition coefficient (Wildman–Crippen LogP) is 8.69. The van der Waals surface area contributed by atoms with Crippen LogP contribution in [0.15, 0.2) is 66.9 Å². The molecule has 2 saturated heterocycles. The van der Waals surface area contributed by atoms with Gasteiger partial charge in [0.05, 0.1) is 41.1 Å². The number of amides is 1. The summed E-state index contributed by atoms with van der Waals surface area (Å²) < 4.78 is 13.5. The molecule has 8 nitrogen and oxygen atoms in total. The van der Waals surface area contributed by atoms with Gasteiger partial charge in [-0.05, 0) is 121 Å². The van der Waals surface area contributed by atoms with E-state index in [-0.39, 0.29) is 29.1 Å². The Balaban J connectivity index is 1.26. The van der Waals surface area contributed by atoms with Crippen LogP contribution in [0.3, 0.4) is 0 Å². The topological polar surface area (TPSA) is 76.9 Å². The molecule has 3 aromatic rings. The summed E-state index contributed by atoms with van der Waals surface area (Å²) in [5.74, 6) is 1.45. The predicted molar refractivity (Wildman–Crippen MR) is 211 cm³/mol. The van der Waals surface area contributed by atoms with Gasteiger partial charge in [-0.2, -0.15) is 0 Å². The molecule has 3 heterocycles. The zero-order chi connectivity index (χ0) is 37.1. The van der Waals surface area contributed by atoms with Gasteiger partial charge < -0.3 is 23.8 Å². The van der Waals surface area contributed by atoms with Crippen LogP contribution in [-0.2, 0) is 27.9 Å². The standard InChI is InChI=1S/C42H54Cl2N4O4/c1-5-7-8-12-35-29-45-41(48(35)24-25-51-6-2)40(50)33-16-21-46(22-17-33)23-19-42(34-14-15-37(43)38(44)28-34)18-10-20-47(30-42)39(49)27-32-11-9-13-36(26-32)52-31(3)4/h5,7-9,11-15,26,28-29,31,33H,6,10,16-25,27,30H2,1-4H3/b7-5+,12-8+. The molecule has 0 spiro atoms. The Hall–Kier alpha value is -3.43. The lowest BCUT2D eigenvalue weighted by atomic mass is 9.71. The van der Waals surface area contributed by atoms with Crippen molar-refractivity contribution in [3.8, 4) is 5.75 Å². The highest BCUT2D eigenvalue weighted by atomic mass is 35.5. The highest BCUT2D eigenvalue weighted by Gasteiger charge is 2.40. The smallest absolute Gasteiger partial charge is 0.227 e. The molecule has 1 amide bonds. The summed E-state index contributed by atoms with van der Waals surface area (Å²) in [6.07, 6.45) is 14.4. The fraction of sp³-hybridized carbons (Fsp3) is 0.500. The van der Waals surface area contributed by atoms with Crippen molar-refractivity contribution in [2.45, 2.75) is 84.3 Å². The molecule has 0 aliphatic carbocycles. The maximum atomic E-state index is 13.9. The molecule has 10 heteroatoms. The van der Waals surface area contributed by atoms with Crippen LogP contribution in [0.2, 0.25) is 10.0 Å². The molecule has 280 valence electrons. The summed E-state index contributed by atoms with van der Waals surface area (Å²) in [4.78, 5) is 36.7. The molecule has 0 radical (unpaired) electrons. The van der Waals surface area contributed by atoms with Crippen LogP contribution in [-0.4, -0.2) is 83.1 Å². The number of carbonyl (C=O) groups is 2. The minimum absolute atomic E-state index is 0.0652. The first kappa shape index (κ1) is 39.8. The molecule has 0 bridgehead atoms. The van der Waals surface area contributed by atoms with Gasteiger partial charge in [-0.3, -0.25) is 9.59 Å². The van der Waals surface area contributed by atoms with Gasteiger partial charge in [0, 0.05) is 37.6 Å². The van der Waals surface area contributed by atoms with Gasteiger partial charge >= 0.3 is 0 Å². The Morgan fingerprint density at radius 3 is 2.58 bits per heavy atom. The summed E-state index contributed by atoms with van der Waals surface area (Å²) in [6.45, 7) is 13.6. The lowest BCUT2D eigenvalue weighted by molar-refractivity contribution is -0.132. The summed E-state index contributed by atoms with van der Waals surface area (Å²) >= 11 is 13.0. The van der Waals surface area contributed by atoms with Crippen molar-refractivity contribution in [3.05, 3.63) is 99.6 Å². The summed E-state index contributed by atoms with van der Waals surface area (Å²) in [7, 11) is 0. The van der Waals surface area contributed by atoms with E-state index in [9.17, 15) is 9.59 Å². The highest BCUT2D eigenvalue weighted by molar-refractivity contribution is 6.42. The fourth-order valence-electron chi connectivity index (χ4n) is 7.53. The molecule has 2 fully saturated rings. The Bertz CT molecular complexity index is 1710. The molecule has 1 aromatic heterocycles. The van der Waals surface area contributed by atoms with E-state index in [0.29, 0.717) is 48.6 Å². The van der Waals surface area contributed by atoms with E-state index in [4.69, 9.17) is 32.7 Å². The Labute approximate surface area is 319 Å². The van der Waals surface area contributed by atoms with Gasteiger partial charge in [0.1, 0.15) is 5.75 Å². The Morgan fingerprint density at radius 1 is 1.04 bits per heavy atom. The van der Waals surface area contributed by atoms with Crippen LogP contribution >= 0.6 is 23.2 Å². The number of aromatic nitrogens is 2. The van der Waals surface area contributed by atoms with E-state index in [1.807, 2.05) is 97.9 Å². The Morgan fingerprint density at radius 2 is 1.85 bits per heavy atom. The average molecular weight is 750 g/mol. The molecule has 1 atom stereocenters. The van der Waals surface area contributed by atoms with Crippen LogP contribution in [0.4, 0.5) is 0 Å². The molecule has 0 N–H and O–H groups in total. The van der Waals surface area contributed by atoms with Crippen LogP contribution in [0.25, 0.3) is 6.08 Å². The van der Waals surface area contributed by atoms with Crippen molar-refractivity contribution < 1.29 is 19.1 Å². The number of rotatable bonds is 16. The molecule has 0 saturated carbocycles. The first-order valence-electron chi connectivity index (χ1n) is 18.8. The van der Waals surface area contributed by atoms with E-state index in [1.54, 1.807) is 6.20 Å². The monoisotopic (exact) mass is 748 g/mol. The second kappa shape index (κ2) is 19.1. The maximum Gasteiger partial charge on any atom is 0.227 e. The molecular formula is C42H54Cl2N4O4. The van der Waals surface area contributed by atoms with Crippen LogP contribution < -0.4 is 4.74 Å². The molecule has 2 aromatic carbocycles. The first-order chi connectivity index (χ1) is 25.1. The number of likely N-dealkylation sites (tertiary alicyclic amines) is 2. The number of hydrogen-bond donors (Lipinski definition) is 0. The van der Waals surface area contributed by atoms with E-state index in [2.05, 4.69) is 16.0 Å². The van der Waals surface area contributed by atoms with Gasteiger partial charge in [0.15, 0.2) is 5.82 Å². The van der Waals surface area contributed by atoms with E-state index in [1.165, 1.54) is 0 Å². The lowest BCUT2D eigenvalue weighted by Crippen LogP contribution is -2.50. The van der Waals surface area contributed by atoms with Crippen molar-refractivity contribution in [1.29, 1.82) is 0 Å². The average Bonchev–Trinajstić information content (AvgIpc) is 3.54. The van der Waals surface area contributed by atoms with Crippen LogP contribution in [0.1, 0.15) is 87.2 Å². The van der Waals surface area contributed by atoms with Crippen LogP contribution in [0.5, 0.6) is 5.75 Å². The van der Waals surface area contributed by atoms with Crippen molar-refractivity contribution >= 4 is 41.0 Å². The van der Waals surface area contributed by atoms with Crippen LogP contribution in [0, 0.1) is 5.92 Å². The molecular weight excluding hydrogens is 695 g/mol. The van der Waals surface area contributed by atoms with E-state index in [0.717, 1.165) is 80.9 Å². The first-order valence-corrected chi connectivity index (χ1v) is 19.6. The number of hydrogen-bond acceptors (Lipinski definition) is 6. The number of piperidine rings is 2. The molecule has 5 rings (SSSR count).